The van der Waals surface area contributed by atoms with Crippen LogP contribution in [0.3, 0.4) is 0 Å². The molecule has 1 aliphatic rings. The number of hydrogen-bond acceptors (Lipinski definition) is 4. The van der Waals surface area contributed by atoms with E-state index in [1.807, 2.05) is 0 Å². The molecule has 1 heterocycles. The second-order valence-electron chi connectivity index (χ2n) is 3.37. The van der Waals surface area contributed by atoms with Crippen LogP contribution in [0.4, 0.5) is 0 Å². The fourth-order valence-electron chi connectivity index (χ4n) is 1.82. The molecule has 1 aliphatic carbocycles. The van der Waals surface area contributed by atoms with Gasteiger partial charge in [-0.25, -0.2) is 4.98 Å². The third-order valence-corrected chi connectivity index (χ3v) is 3.89. The number of nitrogens with zero attached hydrogens (tertiary/aromatic N) is 2. The molecule has 72 valence electrons. The summed E-state index contributed by atoms with van der Waals surface area (Å²) in [5.74, 6) is 0.662. The molecule has 0 bridgehead atoms. The van der Waals surface area contributed by atoms with Gasteiger partial charge in [-0.3, -0.25) is 5.10 Å². The highest BCUT2D eigenvalue weighted by atomic mass is 32.2. The van der Waals surface area contributed by atoms with Crippen LogP contribution >= 0.6 is 11.8 Å². The van der Waals surface area contributed by atoms with Crippen LogP contribution < -0.4 is 5.73 Å². The Morgan fingerprint density at radius 1 is 1.62 bits per heavy atom. The highest BCUT2D eigenvalue weighted by Gasteiger charge is 2.27. The summed E-state index contributed by atoms with van der Waals surface area (Å²) in [7, 11) is 0. The molecule has 1 aromatic rings. The highest BCUT2D eigenvalue weighted by molar-refractivity contribution is 7.99. The van der Waals surface area contributed by atoms with Crippen molar-refractivity contribution >= 4 is 11.8 Å². The molecule has 2 unspecified atom stereocenters. The van der Waals surface area contributed by atoms with Crippen LogP contribution in [0.25, 0.3) is 0 Å². The number of nitrogens with two attached hydrogens (primary N) is 1. The normalized spacial score (nSPS) is 28.1. The van der Waals surface area contributed by atoms with Gasteiger partial charge in [0.2, 0.25) is 0 Å². The van der Waals surface area contributed by atoms with Crippen molar-refractivity contribution in [2.45, 2.75) is 29.7 Å². The lowest BCUT2D eigenvalue weighted by molar-refractivity contribution is 0.572. The van der Waals surface area contributed by atoms with Gasteiger partial charge in [-0.15, -0.1) is 0 Å². The van der Waals surface area contributed by atoms with E-state index in [2.05, 4.69) is 15.2 Å². The van der Waals surface area contributed by atoms with Gasteiger partial charge >= 0.3 is 0 Å². The Bertz CT molecular complexity index is 249. The summed E-state index contributed by atoms with van der Waals surface area (Å²) >= 11 is 1.78. The first-order valence-corrected chi connectivity index (χ1v) is 5.50. The van der Waals surface area contributed by atoms with Crippen LogP contribution in [0, 0.1) is 5.92 Å². The summed E-state index contributed by atoms with van der Waals surface area (Å²) in [5.41, 5.74) is 5.69. The number of nitrogens with one attached hydrogen (secondary N) is 1. The van der Waals surface area contributed by atoms with Gasteiger partial charge in [0.15, 0.2) is 5.16 Å². The Hall–Kier alpha value is -0.550. The van der Waals surface area contributed by atoms with E-state index < -0.39 is 0 Å². The summed E-state index contributed by atoms with van der Waals surface area (Å²) < 4.78 is 0. The molecule has 0 spiro atoms. The average Bonchev–Trinajstić information content (AvgIpc) is 2.76. The van der Waals surface area contributed by atoms with Crippen molar-refractivity contribution in [2.75, 3.05) is 6.54 Å². The van der Waals surface area contributed by atoms with Crippen molar-refractivity contribution in [1.29, 1.82) is 0 Å². The van der Waals surface area contributed by atoms with Gasteiger partial charge in [-0.1, -0.05) is 18.2 Å². The zero-order valence-corrected chi connectivity index (χ0v) is 8.26. The minimum absolute atomic E-state index is 0.637. The van der Waals surface area contributed by atoms with Gasteiger partial charge in [0.25, 0.3) is 0 Å². The number of rotatable bonds is 3. The molecule has 5 heteroatoms. The van der Waals surface area contributed by atoms with Crippen molar-refractivity contribution < 1.29 is 0 Å². The van der Waals surface area contributed by atoms with Crippen LogP contribution in [0.2, 0.25) is 0 Å². The predicted molar refractivity (Wildman–Crippen MR) is 52.4 cm³/mol. The van der Waals surface area contributed by atoms with E-state index in [4.69, 9.17) is 5.73 Å². The van der Waals surface area contributed by atoms with Gasteiger partial charge < -0.3 is 5.73 Å². The van der Waals surface area contributed by atoms with Crippen LogP contribution in [0.5, 0.6) is 0 Å². The second-order valence-corrected chi connectivity index (χ2v) is 4.60. The number of hydrogen-bond donors (Lipinski definition) is 2. The molecule has 1 saturated carbocycles. The molecule has 3 N–H and O–H groups in total. The van der Waals surface area contributed by atoms with Crippen molar-refractivity contribution in [3.63, 3.8) is 0 Å². The van der Waals surface area contributed by atoms with Crippen LogP contribution in [-0.2, 0) is 0 Å². The number of aromatic nitrogens is 3. The van der Waals surface area contributed by atoms with E-state index in [9.17, 15) is 0 Å². The molecule has 0 amide bonds. The maximum absolute atomic E-state index is 5.69. The third-order valence-electron chi connectivity index (χ3n) is 2.55. The van der Waals surface area contributed by atoms with E-state index in [-0.39, 0.29) is 0 Å². The summed E-state index contributed by atoms with van der Waals surface area (Å²) in [5, 5.41) is 8.26. The minimum atomic E-state index is 0.637. The second kappa shape index (κ2) is 4.11. The van der Waals surface area contributed by atoms with Gasteiger partial charge in [0.1, 0.15) is 6.33 Å². The van der Waals surface area contributed by atoms with Gasteiger partial charge in [-0.05, 0) is 25.3 Å². The van der Waals surface area contributed by atoms with E-state index in [1.54, 1.807) is 18.1 Å². The summed E-state index contributed by atoms with van der Waals surface area (Å²) in [6, 6.07) is 0. The van der Waals surface area contributed by atoms with Crippen molar-refractivity contribution in [3.8, 4) is 0 Å². The molecular formula is C8H14N4S. The largest absolute Gasteiger partial charge is 0.330 e. The number of thioether (sulfide) groups is 1. The fraction of sp³-hybridized carbons (Fsp3) is 0.750. The number of aromatic amines is 1. The van der Waals surface area contributed by atoms with Crippen LogP contribution in [0.15, 0.2) is 11.5 Å². The van der Waals surface area contributed by atoms with Crippen LogP contribution in [-0.4, -0.2) is 27.0 Å². The summed E-state index contributed by atoms with van der Waals surface area (Å²) in [6.45, 7) is 0.797. The molecule has 2 atom stereocenters. The van der Waals surface area contributed by atoms with E-state index in [0.717, 1.165) is 11.7 Å². The van der Waals surface area contributed by atoms with Crippen molar-refractivity contribution in [1.82, 2.24) is 15.2 Å². The molecule has 2 rings (SSSR count). The highest BCUT2D eigenvalue weighted by Crippen LogP contribution is 2.36. The molecule has 0 saturated heterocycles. The zero-order valence-electron chi connectivity index (χ0n) is 7.44. The molecule has 1 fully saturated rings. The first-order chi connectivity index (χ1) is 6.40. The molecule has 0 aliphatic heterocycles. The molecule has 13 heavy (non-hydrogen) atoms. The van der Waals surface area contributed by atoms with Gasteiger partial charge in [0, 0.05) is 5.25 Å². The maximum Gasteiger partial charge on any atom is 0.183 e. The van der Waals surface area contributed by atoms with Crippen molar-refractivity contribution in [3.05, 3.63) is 6.33 Å². The molecule has 4 nitrogen and oxygen atoms in total. The Morgan fingerprint density at radius 3 is 3.23 bits per heavy atom. The predicted octanol–water partition coefficient (Wildman–Crippen LogP) is 1.02. The molecule has 0 radical (unpaired) electrons. The van der Waals surface area contributed by atoms with Crippen LogP contribution in [0.1, 0.15) is 19.3 Å². The standard InChI is InChI=1S/C8H14N4S/c9-4-6-2-1-3-7(6)13-8-10-5-11-12-8/h5-7H,1-4,9H2,(H,10,11,12). The first-order valence-electron chi connectivity index (χ1n) is 4.62. The Kier molecular flexibility index (Phi) is 2.85. The lowest BCUT2D eigenvalue weighted by Crippen LogP contribution is -2.20. The first kappa shape index (κ1) is 9.02. The lowest BCUT2D eigenvalue weighted by atomic mass is 10.1. The van der Waals surface area contributed by atoms with Crippen molar-refractivity contribution in [2.24, 2.45) is 11.7 Å². The zero-order chi connectivity index (χ0) is 9.10. The quantitative estimate of drug-likeness (QED) is 0.761. The molecule has 0 aromatic carbocycles. The Labute approximate surface area is 81.7 Å². The molecular weight excluding hydrogens is 184 g/mol. The minimum Gasteiger partial charge on any atom is -0.330 e. The summed E-state index contributed by atoms with van der Waals surface area (Å²) in [4.78, 5) is 4.10. The molecule has 1 aromatic heterocycles. The maximum atomic E-state index is 5.69. The topological polar surface area (TPSA) is 67.6 Å². The Morgan fingerprint density at radius 2 is 2.54 bits per heavy atom. The fourth-order valence-corrected chi connectivity index (χ4v) is 3.05. The van der Waals surface area contributed by atoms with E-state index in [1.165, 1.54) is 19.3 Å². The van der Waals surface area contributed by atoms with Gasteiger partial charge in [-0.2, -0.15) is 5.10 Å². The lowest BCUT2D eigenvalue weighted by Gasteiger charge is -2.14. The smallest absolute Gasteiger partial charge is 0.183 e. The number of H-pyrrole nitrogens is 1. The van der Waals surface area contributed by atoms with E-state index >= 15 is 0 Å². The SMILES string of the molecule is NCC1CCCC1Sc1ncn[nH]1. The van der Waals surface area contributed by atoms with Gasteiger partial charge in [0.05, 0.1) is 0 Å². The van der Waals surface area contributed by atoms with E-state index in [0.29, 0.717) is 11.2 Å². The Balaban J connectivity index is 1.94. The third kappa shape index (κ3) is 2.03. The monoisotopic (exact) mass is 198 g/mol. The average molecular weight is 198 g/mol. The summed E-state index contributed by atoms with van der Waals surface area (Å²) in [6.07, 6.45) is 5.37.